The van der Waals surface area contributed by atoms with Gasteiger partial charge in [0.25, 0.3) is 0 Å². The summed E-state index contributed by atoms with van der Waals surface area (Å²) >= 11 is 0. The Morgan fingerprint density at radius 1 is 1.30 bits per heavy atom. The summed E-state index contributed by atoms with van der Waals surface area (Å²) in [5, 5.41) is 2.60. The summed E-state index contributed by atoms with van der Waals surface area (Å²) in [4.78, 5) is 35.1. The van der Waals surface area contributed by atoms with Gasteiger partial charge in [0.05, 0.1) is 6.61 Å². The van der Waals surface area contributed by atoms with E-state index in [1.807, 2.05) is 30.3 Å². The summed E-state index contributed by atoms with van der Waals surface area (Å²) in [5.74, 6) is -1.11. The van der Waals surface area contributed by atoms with Gasteiger partial charge in [-0.3, -0.25) is 14.4 Å². The molecule has 2 atom stereocenters. The molecule has 0 unspecified atom stereocenters. The zero-order valence-electron chi connectivity index (χ0n) is 13.0. The monoisotopic (exact) mass is 318 g/mol. The summed E-state index contributed by atoms with van der Waals surface area (Å²) in [7, 11) is 0. The minimum atomic E-state index is -0.813. The summed E-state index contributed by atoms with van der Waals surface area (Å²) in [6.45, 7) is 0.163. The Labute approximate surface area is 135 Å². The molecule has 6 heteroatoms. The van der Waals surface area contributed by atoms with Crippen LogP contribution in [-0.2, 0) is 25.7 Å². The molecule has 2 rings (SSSR count). The number of Topliss-reactive ketones (excluding diaryl/α,β-unsaturated/α-hetero) is 1. The molecule has 2 amide bonds. The molecule has 1 aliphatic carbocycles. The fourth-order valence-electron chi connectivity index (χ4n) is 2.81. The molecule has 1 aliphatic rings. The van der Waals surface area contributed by atoms with Gasteiger partial charge in [-0.15, -0.1) is 0 Å². The van der Waals surface area contributed by atoms with E-state index in [0.717, 1.165) is 12.0 Å². The van der Waals surface area contributed by atoms with Gasteiger partial charge in [0.1, 0.15) is 18.4 Å². The highest BCUT2D eigenvalue weighted by atomic mass is 16.5. The topological polar surface area (TPSA) is 98.5 Å². The van der Waals surface area contributed by atoms with Crippen molar-refractivity contribution in [3.8, 4) is 0 Å². The van der Waals surface area contributed by atoms with Crippen LogP contribution in [0.4, 0.5) is 0 Å². The maximum absolute atomic E-state index is 11.9. The van der Waals surface area contributed by atoms with Crippen molar-refractivity contribution in [2.45, 2.75) is 38.3 Å². The lowest BCUT2D eigenvalue weighted by atomic mass is 9.83. The molecular weight excluding hydrogens is 296 g/mol. The van der Waals surface area contributed by atoms with Crippen LogP contribution in [0.3, 0.4) is 0 Å². The van der Waals surface area contributed by atoms with Gasteiger partial charge < -0.3 is 15.8 Å². The molecule has 124 valence electrons. The third kappa shape index (κ3) is 5.49. The van der Waals surface area contributed by atoms with Gasteiger partial charge in [0.2, 0.25) is 11.8 Å². The zero-order chi connectivity index (χ0) is 16.7. The number of benzene rings is 1. The maximum atomic E-state index is 11.9. The maximum Gasteiger partial charge on any atom is 0.246 e. The van der Waals surface area contributed by atoms with Crippen molar-refractivity contribution < 1.29 is 19.1 Å². The molecule has 23 heavy (non-hydrogen) atoms. The lowest BCUT2D eigenvalue weighted by Crippen LogP contribution is -2.51. The predicted molar refractivity (Wildman–Crippen MR) is 84.2 cm³/mol. The molecule has 6 nitrogen and oxygen atoms in total. The molecule has 0 spiro atoms. The number of carbonyl (C=O) groups is 3. The van der Waals surface area contributed by atoms with Crippen molar-refractivity contribution in [2.24, 2.45) is 11.7 Å². The van der Waals surface area contributed by atoms with Crippen molar-refractivity contribution in [3.63, 3.8) is 0 Å². The molecule has 0 radical (unpaired) electrons. The highest BCUT2D eigenvalue weighted by Gasteiger charge is 2.31. The smallest absolute Gasteiger partial charge is 0.246 e. The van der Waals surface area contributed by atoms with Gasteiger partial charge in [-0.25, -0.2) is 0 Å². The highest BCUT2D eigenvalue weighted by Crippen LogP contribution is 2.24. The van der Waals surface area contributed by atoms with Crippen molar-refractivity contribution in [2.75, 3.05) is 6.61 Å². The third-order valence-corrected chi connectivity index (χ3v) is 3.96. The van der Waals surface area contributed by atoms with E-state index in [4.69, 9.17) is 10.5 Å². The number of hydrogen-bond donors (Lipinski definition) is 2. The van der Waals surface area contributed by atoms with E-state index in [0.29, 0.717) is 25.9 Å². The summed E-state index contributed by atoms with van der Waals surface area (Å²) in [6, 6.07) is 8.67. The van der Waals surface area contributed by atoms with Gasteiger partial charge in [0, 0.05) is 12.8 Å². The van der Waals surface area contributed by atoms with Crippen LogP contribution in [0.25, 0.3) is 0 Å². The quantitative estimate of drug-likeness (QED) is 0.781. The average Bonchev–Trinajstić information content (AvgIpc) is 2.53. The number of ketones is 1. The van der Waals surface area contributed by atoms with Crippen molar-refractivity contribution in [1.29, 1.82) is 0 Å². The summed E-state index contributed by atoms with van der Waals surface area (Å²) in [5.41, 5.74) is 6.34. The normalized spacial score (nSPS) is 19.1. The Hall–Kier alpha value is -2.21. The van der Waals surface area contributed by atoms with Crippen LogP contribution >= 0.6 is 0 Å². The molecule has 3 N–H and O–H groups in total. The van der Waals surface area contributed by atoms with Crippen LogP contribution in [0.15, 0.2) is 30.3 Å². The van der Waals surface area contributed by atoms with Crippen LogP contribution in [-0.4, -0.2) is 30.2 Å². The van der Waals surface area contributed by atoms with Crippen LogP contribution < -0.4 is 11.1 Å². The van der Waals surface area contributed by atoms with Crippen molar-refractivity contribution >= 4 is 17.6 Å². The lowest BCUT2D eigenvalue weighted by molar-refractivity contribution is -0.133. The first-order chi connectivity index (χ1) is 11.1. The summed E-state index contributed by atoms with van der Waals surface area (Å²) in [6.07, 6.45) is 2.27. The molecular formula is C17H22N2O4. The number of hydrogen-bond acceptors (Lipinski definition) is 4. The number of nitrogens with one attached hydrogen (secondary N) is 1. The lowest BCUT2D eigenvalue weighted by Gasteiger charge is -2.28. The molecule has 0 saturated heterocycles. The average molecular weight is 318 g/mol. The molecule has 0 aliphatic heterocycles. The SMILES string of the molecule is NC(=O)[C@H](NC(=O)COCc1ccccc1)[C@H]1CCCC(=O)C1. The second-order valence-corrected chi connectivity index (χ2v) is 5.82. The van der Waals surface area contributed by atoms with Crippen molar-refractivity contribution in [1.82, 2.24) is 5.32 Å². The predicted octanol–water partition coefficient (Wildman–Crippen LogP) is 0.933. The fraction of sp³-hybridized carbons (Fsp3) is 0.471. The Morgan fingerprint density at radius 3 is 2.70 bits per heavy atom. The second kappa shape index (κ2) is 8.43. The molecule has 1 aromatic carbocycles. The van der Waals surface area contributed by atoms with Gasteiger partial charge in [-0.1, -0.05) is 30.3 Å². The van der Waals surface area contributed by atoms with Crippen molar-refractivity contribution in [3.05, 3.63) is 35.9 Å². The van der Waals surface area contributed by atoms with Gasteiger partial charge in [-0.05, 0) is 24.3 Å². The Morgan fingerprint density at radius 2 is 2.04 bits per heavy atom. The van der Waals surface area contributed by atoms with E-state index in [9.17, 15) is 14.4 Å². The highest BCUT2D eigenvalue weighted by molar-refractivity contribution is 5.88. The second-order valence-electron chi connectivity index (χ2n) is 5.82. The van der Waals surface area contributed by atoms with Crippen LogP contribution in [0.5, 0.6) is 0 Å². The minimum absolute atomic E-state index is 0.113. The van der Waals surface area contributed by atoms with E-state index in [1.165, 1.54) is 0 Å². The standard InChI is InChI=1S/C17H22N2O4/c18-17(22)16(13-7-4-8-14(20)9-13)19-15(21)11-23-10-12-5-2-1-3-6-12/h1-3,5-6,13,16H,4,7-11H2,(H2,18,22)(H,19,21)/t13-,16+/m0/s1. The van der Waals surface area contributed by atoms with Crippen LogP contribution in [0.1, 0.15) is 31.2 Å². The van der Waals surface area contributed by atoms with Gasteiger partial charge in [0.15, 0.2) is 0 Å². The minimum Gasteiger partial charge on any atom is -0.368 e. The summed E-state index contributed by atoms with van der Waals surface area (Å²) < 4.78 is 5.34. The molecule has 0 heterocycles. The number of nitrogens with two attached hydrogens (primary N) is 1. The number of ether oxygens (including phenoxy) is 1. The molecule has 0 aromatic heterocycles. The molecule has 1 fully saturated rings. The Bertz CT molecular complexity index is 559. The number of rotatable bonds is 7. The fourth-order valence-corrected chi connectivity index (χ4v) is 2.81. The van der Waals surface area contributed by atoms with Gasteiger partial charge >= 0.3 is 0 Å². The molecule has 0 bridgehead atoms. The van der Waals surface area contributed by atoms with E-state index < -0.39 is 17.9 Å². The largest absolute Gasteiger partial charge is 0.368 e. The first-order valence-electron chi connectivity index (χ1n) is 7.78. The Balaban J connectivity index is 1.81. The Kier molecular flexibility index (Phi) is 6.29. The van der Waals surface area contributed by atoms with Gasteiger partial charge in [-0.2, -0.15) is 0 Å². The number of primary amides is 1. The third-order valence-electron chi connectivity index (χ3n) is 3.96. The number of amides is 2. The van der Waals surface area contributed by atoms with Crippen LogP contribution in [0, 0.1) is 5.92 Å². The first kappa shape index (κ1) is 17.1. The number of carbonyl (C=O) groups excluding carboxylic acids is 3. The van der Waals surface area contributed by atoms with E-state index in [2.05, 4.69) is 5.32 Å². The first-order valence-corrected chi connectivity index (χ1v) is 7.78. The van der Waals surface area contributed by atoms with E-state index in [1.54, 1.807) is 0 Å². The molecule has 1 aromatic rings. The van der Waals surface area contributed by atoms with E-state index in [-0.39, 0.29) is 18.3 Å². The van der Waals surface area contributed by atoms with Crippen LogP contribution in [0.2, 0.25) is 0 Å². The molecule has 1 saturated carbocycles. The van der Waals surface area contributed by atoms with E-state index >= 15 is 0 Å². The zero-order valence-corrected chi connectivity index (χ0v) is 13.0.